The Hall–Kier alpha value is -1.67. The predicted octanol–water partition coefficient (Wildman–Crippen LogP) is 2.04. The highest BCUT2D eigenvalue weighted by molar-refractivity contribution is 5.94. The van der Waals surface area contributed by atoms with Crippen molar-refractivity contribution in [2.24, 2.45) is 0 Å². The summed E-state index contributed by atoms with van der Waals surface area (Å²) in [5.74, 6) is -0.264. The fourth-order valence-corrected chi connectivity index (χ4v) is 3.46. The maximum absolute atomic E-state index is 12.6. The summed E-state index contributed by atoms with van der Waals surface area (Å²) in [7, 11) is 0. The lowest BCUT2D eigenvalue weighted by Gasteiger charge is -2.35. The summed E-state index contributed by atoms with van der Waals surface area (Å²) in [6, 6.07) is 2.33. The minimum atomic E-state index is -4.50. The highest BCUT2D eigenvalue weighted by Gasteiger charge is 2.38. The Morgan fingerprint density at radius 1 is 1.25 bits per heavy atom. The molecule has 2 fully saturated rings. The number of hydrogen-bond donors (Lipinski definition) is 0. The third kappa shape index (κ3) is 3.39. The molecule has 0 radical (unpaired) electrons. The van der Waals surface area contributed by atoms with Gasteiger partial charge in [-0.3, -0.25) is 14.7 Å². The lowest BCUT2D eigenvalue weighted by atomic mass is 10.1. The van der Waals surface area contributed by atoms with Crippen LogP contribution in [0.1, 0.15) is 29.4 Å². The van der Waals surface area contributed by atoms with Crippen LogP contribution in [0.15, 0.2) is 18.3 Å². The van der Waals surface area contributed by atoms with Crippen molar-refractivity contribution in [2.45, 2.75) is 31.6 Å². The molecule has 1 aromatic heterocycles. The van der Waals surface area contributed by atoms with Crippen molar-refractivity contribution < 1.29 is 22.7 Å². The Labute approximate surface area is 138 Å². The van der Waals surface area contributed by atoms with Crippen LogP contribution in [-0.4, -0.2) is 65.6 Å². The van der Waals surface area contributed by atoms with Crippen LogP contribution in [0, 0.1) is 0 Å². The van der Waals surface area contributed by atoms with E-state index in [4.69, 9.17) is 4.74 Å². The first-order valence-electron chi connectivity index (χ1n) is 8.04. The molecule has 0 aromatic carbocycles. The van der Waals surface area contributed by atoms with Crippen molar-refractivity contribution in [2.75, 3.05) is 32.8 Å². The second-order valence-corrected chi connectivity index (χ2v) is 6.17. The topological polar surface area (TPSA) is 45.7 Å². The molecule has 0 unspecified atom stereocenters. The molecule has 1 amide bonds. The molecule has 2 atom stereocenters. The second kappa shape index (κ2) is 6.68. The smallest absolute Gasteiger partial charge is 0.379 e. The SMILES string of the molecule is C[C@@H]1[C@H](N2CCOCC2)CCN1C(=O)c1ccc(C(F)(F)F)nc1. The number of halogens is 3. The van der Waals surface area contributed by atoms with Crippen LogP contribution in [0.3, 0.4) is 0 Å². The van der Waals surface area contributed by atoms with Crippen molar-refractivity contribution in [3.63, 3.8) is 0 Å². The van der Waals surface area contributed by atoms with Gasteiger partial charge in [0.25, 0.3) is 5.91 Å². The Morgan fingerprint density at radius 2 is 1.96 bits per heavy atom. The average Bonchev–Trinajstić information content (AvgIpc) is 2.96. The Balaban J connectivity index is 1.69. The zero-order valence-corrected chi connectivity index (χ0v) is 13.4. The zero-order chi connectivity index (χ0) is 17.3. The molecular formula is C16H20F3N3O2. The molecule has 0 spiro atoms. The largest absolute Gasteiger partial charge is 0.433 e. The summed E-state index contributed by atoms with van der Waals surface area (Å²) in [6.45, 7) is 5.67. The van der Waals surface area contributed by atoms with E-state index < -0.39 is 11.9 Å². The first-order chi connectivity index (χ1) is 11.4. The molecule has 2 aliphatic heterocycles. The summed E-state index contributed by atoms with van der Waals surface area (Å²) < 4.78 is 43.1. The van der Waals surface area contributed by atoms with Crippen molar-refractivity contribution in [1.82, 2.24) is 14.8 Å². The quantitative estimate of drug-likeness (QED) is 0.824. The third-order valence-electron chi connectivity index (χ3n) is 4.79. The van der Waals surface area contributed by atoms with E-state index in [1.807, 2.05) is 6.92 Å². The molecule has 24 heavy (non-hydrogen) atoms. The van der Waals surface area contributed by atoms with Gasteiger partial charge in [0.1, 0.15) is 5.69 Å². The number of ether oxygens (including phenoxy) is 1. The van der Waals surface area contributed by atoms with E-state index in [1.165, 1.54) is 6.07 Å². The number of nitrogens with zero attached hydrogens (tertiary/aromatic N) is 3. The lowest BCUT2D eigenvalue weighted by molar-refractivity contribution is -0.141. The summed E-state index contributed by atoms with van der Waals surface area (Å²) in [6.07, 6.45) is -2.62. The maximum atomic E-state index is 12.6. The van der Waals surface area contributed by atoms with Crippen LogP contribution >= 0.6 is 0 Å². The standard InChI is InChI=1S/C16H20F3N3O2/c1-11-13(21-6-8-24-9-7-21)4-5-22(11)15(23)12-2-3-14(20-10-12)16(17,18)19/h2-3,10-11,13H,4-9H2,1H3/t11-,13-/m1/s1. The first-order valence-corrected chi connectivity index (χ1v) is 8.04. The van der Waals surface area contributed by atoms with Gasteiger partial charge in [-0.05, 0) is 25.5 Å². The summed E-state index contributed by atoms with van der Waals surface area (Å²) in [4.78, 5) is 20.0. The number of alkyl halides is 3. The fourth-order valence-electron chi connectivity index (χ4n) is 3.46. The number of pyridine rings is 1. The molecule has 0 aliphatic carbocycles. The van der Waals surface area contributed by atoms with Gasteiger partial charge in [-0.2, -0.15) is 13.2 Å². The molecule has 1 aromatic rings. The summed E-state index contributed by atoms with van der Waals surface area (Å²) >= 11 is 0. The number of hydrogen-bond acceptors (Lipinski definition) is 4. The van der Waals surface area contributed by atoms with Crippen LogP contribution in [0.2, 0.25) is 0 Å². The van der Waals surface area contributed by atoms with Gasteiger partial charge in [0, 0.05) is 37.9 Å². The molecule has 2 saturated heterocycles. The van der Waals surface area contributed by atoms with E-state index in [0.29, 0.717) is 19.8 Å². The summed E-state index contributed by atoms with van der Waals surface area (Å²) in [5.41, 5.74) is -0.794. The monoisotopic (exact) mass is 343 g/mol. The molecule has 0 bridgehead atoms. The van der Waals surface area contributed by atoms with Gasteiger partial charge in [0.15, 0.2) is 0 Å². The Morgan fingerprint density at radius 3 is 2.54 bits per heavy atom. The number of rotatable bonds is 2. The van der Waals surface area contributed by atoms with E-state index in [2.05, 4.69) is 9.88 Å². The van der Waals surface area contributed by atoms with Gasteiger partial charge >= 0.3 is 6.18 Å². The maximum Gasteiger partial charge on any atom is 0.433 e. The molecule has 0 saturated carbocycles. The van der Waals surface area contributed by atoms with E-state index in [1.54, 1.807) is 4.90 Å². The highest BCUT2D eigenvalue weighted by Crippen LogP contribution is 2.28. The predicted molar refractivity (Wildman–Crippen MR) is 80.5 cm³/mol. The minimum Gasteiger partial charge on any atom is -0.379 e. The number of morpholine rings is 1. The van der Waals surface area contributed by atoms with Crippen molar-refractivity contribution in [3.8, 4) is 0 Å². The van der Waals surface area contributed by atoms with Gasteiger partial charge in [0.05, 0.1) is 18.8 Å². The van der Waals surface area contributed by atoms with E-state index >= 15 is 0 Å². The normalized spacial score (nSPS) is 25.9. The molecule has 8 heteroatoms. The molecule has 0 N–H and O–H groups in total. The van der Waals surface area contributed by atoms with Crippen LogP contribution < -0.4 is 0 Å². The van der Waals surface area contributed by atoms with Crippen LogP contribution in [-0.2, 0) is 10.9 Å². The minimum absolute atomic E-state index is 0.0119. The fraction of sp³-hybridized carbons (Fsp3) is 0.625. The highest BCUT2D eigenvalue weighted by atomic mass is 19.4. The zero-order valence-electron chi connectivity index (χ0n) is 13.4. The lowest BCUT2D eigenvalue weighted by Crippen LogP contribution is -2.49. The Bertz CT molecular complexity index is 585. The second-order valence-electron chi connectivity index (χ2n) is 6.17. The van der Waals surface area contributed by atoms with Gasteiger partial charge in [-0.15, -0.1) is 0 Å². The van der Waals surface area contributed by atoms with Crippen LogP contribution in [0.4, 0.5) is 13.2 Å². The number of carbonyl (C=O) groups is 1. The summed E-state index contributed by atoms with van der Waals surface area (Å²) in [5, 5.41) is 0. The first kappa shape index (κ1) is 17.2. The van der Waals surface area contributed by atoms with Crippen LogP contribution in [0.25, 0.3) is 0 Å². The Kier molecular flexibility index (Phi) is 4.78. The van der Waals surface area contributed by atoms with Crippen LogP contribution in [0.5, 0.6) is 0 Å². The number of aromatic nitrogens is 1. The molecular weight excluding hydrogens is 323 g/mol. The van der Waals surface area contributed by atoms with E-state index in [0.717, 1.165) is 31.8 Å². The van der Waals surface area contributed by atoms with Gasteiger partial charge in [-0.25, -0.2) is 0 Å². The van der Waals surface area contributed by atoms with E-state index in [9.17, 15) is 18.0 Å². The molecule has 3 rings (SSSR count). The third-order valence-corrected chi connectivity index (χ3v) is 4.79. The molecule has 2 aliphatic rings. The van der Waals surface area contributed by atoms with Gasteiger partial charge in [0.2, 0.25) is 0 Å². The number of likely N-dealkylation sites (tertiary alicyclic amines) is 1. The average molecular weight is 343 g/mol. The number of carbonyl (C=O) groups excluding carboxylic acids is 1. The number of amides is 1. The molecule has 3 heterocycles. The molecule has 5 nitrogen and oxygen atoms in total. The van der Waals surface area contributed by atoms with Crippen molar-refractivity contribution >= 4 is 5.91 Å². The van der Waals surface area contributed by atoms with Gasteiger partial charge in [-0.1, -0.05) is 0 Å². The van der Waals surface area contributed by atoms with Gasteiger partial charge < -0.3 is 9.64 Å². The van der Waals surface area contributed by atoms with Crippen molar-refractivity contribution in [1.29, 1.82) is 0 Å². The van der Waals surface area contributed by atoms with Crippen molar-refractivity contribution in [3.05, 3.63) is 29.6 Å². The molecule has 132 valence electrons. The van der Waals surface area contributed by atoms with E-state index in [-0.39, 0.29) is 23.6 Å².